The predicted molar refractivity (Wildman–Crippen MR) is 198 cm³/mol. The van der Waals surface area contributed by atoms with Gasteiger partial charge in [0.25, 0.3) is 5.91 Å². The topological polar surface area (TPSA) is 99.1 Å². The van der Waals surface area contributed by atoms with Crippen LogP contribution in [0, 0.1) is 0 Å². The van der Waals surface area contributed by atoms with Gasteiger partial charge in [0, 0.05) is 53.8 Å². The number of benzene rings is 3. The van der Waals surface area contributed by atoms with E-state index in [0.29, 0.717) is 24.6 Å². The van der Waals surface area contributed by atoms with Gasteiger partial charge in [-0.3, -0.25) is 9.69 Å². The van der Waals surface area contributed by atoms with Gasteiger partial charge in [-0.1, -0.05) is 43.5 Å². The van der Waals surface area contributed by atoms with Crippen molar-refractivity contribution in [2.24, 2.45) is 0 Å². The van der Waals surface area contributed by atoms with Crippen molar-refractivity contribution in [3.8, 4) is 22.8 Å². The Morgan fingerprint density at radius 2 is 1.76 bits per heavy atom. The Bertz CT molecular complexity index is 2020. The molecular formula is C40H47N3O6S. The van der Waals surface area contributed by atoms with Crippen molar-refractivity contribution in [1.82, 2.24) is 14.2 Å². The number of carbonyl (C=O) groups excluding carboxylic acids is 1. The quantitative estimate of drug-likeness (QED) is 0.189. The van der Waals surface area contributed by atoms with Crippen LogP contribution in [0.1, 0.15) is 78.9 Å². The highest BCUT2D eigenvalue weighted by Gasteiger charge is 2.31. The maximum absolute atomic E-state index is 13.4. The van der Waals surface area contributed by atoms with Crippen LogP contribution in [-0.2, 0) is 21.3 Å². The number of amides is 1. The van der Waals surface area contributed by atoms with E-state index in [0.717, 1.165) is 96.0 Å². The van der Waals surface area contributed by atoms with Gasteiger partial charge in [0.05, 0.1) is 31.3 Å². The van der Waals surface area contributed by atoms with Gasteiger partial charge in [-0.05, 0) is 91.8 Å². The molecule has 0 unspecified atom stereocenters. The Morgan fingerprint density at radius 3 is 2.52 bits per heavy atom. The lowest BCUT2D eigenvalue weighted by molar-refractivity contribution is 0.0322. The molecule has 2 fully saturated rings. The van der Waals surface area contributed by atoms with Gasteiger partial charge < -0.3 is 18.8 Å². The van der Waals surface area contributed by atoms with Gasteiger partial charge >= 0.3 is 0 Å². The second-order valence-electron chi connectivity index (χ2n) is 13.9. The second-order valence-corrected chi connectivity index (χ2v) is 16.1. The highest BCUT2D eigenvalue weighted by Crippen LogP contribution is 2.48. The summed E-state index contributed by atoms with van der Waals surface area (Å²) in [5, 5.41) is 0.378. The van der Waals surface area contributed by atoms with Crippen molar-refractivity contribution in [3.05, 3.63) is 82.9 Å². The predicted octanol–water partition coefficient (Wildman–Crippen LogP) is 7.10. The molecule has 0 atom stereocenters. The molecule has 1 N–H and O–H groups in total. The number of hydrogen-bond acceptors (Lipinski definition) is 7. The van der Waals surface area contributed by atoms with Gasteiger partial charge in [0.15, 0.2) is 0 Å². The minimum atomic E-state index is -3.80. The highest BCUT2D eigenvalue weighted by molar-refractivity contribution is 7.90. The zero-order valence-electron chi connectivity index (χ0n) is 29.2. The molecule has 10 heteroatoms. The smallest absolute Gasteiger partial charge is 0.264 e. The highest BCUT2D eigenvalue weighted by atomic mass is 32.2. The molecule has 0 bridgehead atoms. The molecule has 1 amide bonds. The van der Waals surface area contributed by atoms with Crippen LogP contribution in [0.3, 0.4) is 0 Å². The summed E-state index contributed by atoms with van der Waals surface area (Å²) in [6, 6.07) is 20.1. The summed E-state index contributed by atoms with van der Waals surface area (Å²) in [7, 11) is -2.10. The summed E-state index contributed by atoms with van der Waals surface area (Å²) in [5.74, 6) is 1.35. The number of morpholine rings is 1. The van der Waals surface area contributed by atoms with Crippen molar-refractivity contribution < 1.29 is 27.4 Å². The van der Waals surface area contributed by atoms with Crippen molar-refractivity contribution in [2.75, 3.05) is 46.6 Å². The fraction of sp³-hybridized carbons (Fsp3) is 0.425. The second kappa shape index (κ2) is 14.6. The van der Waals surface area contributed by atoms with Gasteiger partial charge in [0.1, 0.15) is 18.1 Å². The Balaban J connectivity index is 1.37. The van der Waals surface area contributed by atoms with Crippen molar-refractivity contribution in [1.29, 1.82) is 0 Å². The summed E-state index contributed by atoms with van der Waals surface area (Å²) in [6.07, 6.45) is 8.05. The van der Waals surface area contributed by atoms with E-state index in [4.69, 9.17) is 14.2 Å². The van der Waals surface area contributed by atoms with Crippen LogP contribution in [0.5, 0.6) is 11.5 Å². The molecule has 9 nitrogen and oxygen atoms in total. The molecule has 50 heavy (non-hydrogen) atoms. The van der Waals surface area contributed by atoms with Gasteiger partial charge in [0.2, 0.25) is 10.0 Å². The van der Waals surface area contributed by atoms with Crippen molar-refractivity contribution >= 4 is 38.5 Å². The molecular weight excluding hydrogens is 651 g/mol. The minimum absolute atomic E-state index is 0.314. The number of aromatic nitrogens is 1. The van der Waals surface area contributed by atoms with E-state index in [1.807, 2.05) is 36.4 Å². The SMILES string of the molecule is COc1ccc2c(c1)C=C(c1ccccc1OCCN1CCOCC1)Cn1c-2c(C2CCCCC2)c2ccc(C(=O)NS(=O)(=O)C(C)C)cc21. The van der Waals surface area contributed by atoms with Crippen LogP contribution in [0.25, 0.3) is 33.8 Å². The van der Waals surface area contributed by atoms with Gasteiger partial charge in [-0.15, -0.1) is 0 Å². The Morgan fingerprint density at radius 1 is 0.980 bits per heavy atom. The van der Waals surface area contributed by atoms with Crippen LogP contribution < -0.4 is 14.2 Å². The van der Waals surface area contributed by atoms with Gasteiger partial charge in [-0.2, -0.15) is 0 Å². The third-order valence-electron chi connectivity index (χ3n) is 10.4. The van der Waals surface area contributed by atoms with Crippen molar-refractivity contribution in [3.63, 3.8) is 0 Å². The van der Waals surface area contributed by atoms with Gasteiger partial charge in [-0.25, -0.2) is 13.1 Å². The average Bonchev–Trinajstić information content (AvgIpc) is 3.34. The molecule has 3 aliphatic rings. The van der Waals surface area contributed by atoms with Crippen LogP contribution >= 0.6 is 0 Å². The number of methoxy groups -OCH3 is 1. The fourth-order valence-electron chi connectivity index (χ4n) is 7.62. The molecule has 0 spiro atoms. The number of nitrogens with zero attached hydrogens (tertiary/aromatic N) is 2. The third kappa shape index (κ3) is 6.93. The Labute approximate surface area is 295 Å². The van der Waals surface area contributed by atoms with Crippen LogP contribution in [-0.4, -0.2) is 75.6 Å². The molecule has 1 aliphatic carbocycles. The van der Waals surface area contributed by atoms with E-state index in [2.05, 4.69) is 38.5 Å². The number of rotatable bonds is 10. The van der Waals surface area contributed by atoms with E-state index < -0.39 is 21.2 Å². The third-order valence-corrected chi connectivity index (χ3v) is 12.1. The molecule has 2 aliphatic heterocycles. The lowest BCUT2D eigenvalue weighted by Gasteiger charge is -2.26. The molecule has 0 radical (unpaired) electrons. The number of carbonyl (C=O) groups is 1. The average molecular weight is 698 g/mol. The number of nitrogens with one attached hydrogen (secondary N) is 1. The summed E-state index contributed by atoms with van der Waals surface area (Å²) in [5.41, 5.74) is 7.92. The summed E-state index contributed by atoms with van der Waals surface area (Å²) < 4.78 is 47.7. The monoisotopic (exact) mass is 697 g/mol. The molecule has 3 heterocycles. The largest absolute Gasteiger partial charge is 0.497 e. The van der Waals surface area contributed by atoms with E-state index >= 15 is 0 Å². The number of allylic oxidation sites excluding steroid dienone is 1. The Hall–Kier alpha value is -4.12. The molecule has 4 aromatic rings. The zero-order chi connectivity index (χ0) is 34.8. The fourth-order valence-corrected chi connectivity index (χ4v) is 8.23. The standard InChI is InChI=1S/C40H47N3O6S/c1-27(2)50(45,46)41-40(44)29-13-15-35-36(25-29)43-26-31(33-11-7-8-12-37(33)49-22-19-42-17-20-48-21-18-42)23-30-24-32(47-3)14-16-34(30)39(43)38(35)28-9-5-4-6-10-28/h7-8,11-16,23-25,27-28H,4-6,9-10,17-22,26H2,1-3H3,(H,41,44). The van der Waals surface area contributed by atoms with E-state index in [1.54, 1.807) is 27.0 Å². The molecule has 1 saturated carbocycles. The van der Waals surface area contributed by atoms with Crippen molar-refractivity contribution in [2.45, 2.75) is 63.7 Å². The first-order valence-electron chi connectivity index (χ1n) is 17.9. The van der Waals surface area contributed by atoms with E-state index in [9.17, 15) is 13.2 Å². The first kappa shape index (κ1) is 34.3. The molecule has 7 rings (SSSR count). The van der Waals surface area contributed by atoms with Crippen LogP contribution in [0.4, 0.5) is 0 Å². The lowest BCUT2D eigenvalue weighted by Crippen LogP contribution is -2.38. The Kier molecular flexibility index (Phi) is 10.0. The van der Waals surface area contributed by atoms with Crippen LogP contribution in [0.15, 0.2) is 60.7 Å². The normalized spacial score (nSPS) is 17.2. The number of para-hydroxylation sites is 1. The number of sulfonamides is 1. The molecule has 1 aromatic heterocycles. The summed E-state index contributed by atoms with van der Waals surface area (Å²) in [4.78, 5) is 15.8. The molecule has 264 valence electrons. The maximum atomic E-state index is 13.4. The van der Waals surface area contributed by atoms with Crippen LogP contribution in [0.2, 0.25) is 0 Å². The molecule has 1 saturated heterocycles. The maximum Gasteiger partial charge on any atom is 0.264 e. The number of ether oxygens (including phenoxy) is 3. The zero-order valence-corrected chi connectivity index (χ0v) is 30.1. The lowest BCUT2D eigenvalue weighted by atomic mass is 9.81. The minimum Gasteiger partial charge on any atom is -0.497 e. The molecule has 3 aromatic carbocycles. The first-order chi connectivity index (χ1) is 24.2. The first-order valence-corrected chi connectivity index (χ1v) is 19.4. The number of hydrogen-bond donors (Lipinski definition) is 1. The number of fused-ring (bicyclic) bond motifs is 5. The summed E-state index contributed by atoms with van der Waals surface area (Å²) >= 11 is 0. The van der Waals surface area contributed by atoms with E-state index in [-0.39, 0.29) is 0 Å². The summed E-state index contributed by atoms with van der Waals surface area (Å²) in [6.45, 7) is 8.36. The van der Waals surface area contributed by atoms with E-state index in [1.165, 1.54) is 24.8 Å².